The number of rotatable bonds is 5. The number of nitrogens with zero attached hydrogens (tertiary/aromatic N) is 2. The highest BCUT2D eigenvalue weighted by Gasteiger charge is 2.31. The van der Waals surface area contributed by atoms with Crippen LogP contribution in [0.1, 0.15) is 33.5 Å². The monoisotopic (exact) mass is 521 g/mol. The first-order chi connectivity index (χ1) is 17.4. The Balaban J connectivity index is 1.39. The lowest BCUT2D eigenvalue weighted by atomic mass is 10.1. The minimum absolute atomic E-state index is 0.0576. The normalized spacial score (nSPS) is 14.6. The van der Waals surface area contributed by atoms with Gasteiger partial charge in [-0.2, -0.15) is 26.3 Å². The quantitative estimate of drug-likeness (QED) is 0.375. The Labute approximate surface area is 208 Å². The summed E-state index contributed by atoms with van der Waals surface area (Å²) >= 11 is 0. The minimum Gasteiger partial charge on any atom is -0.322 e. The predicted octanol–water partition coefficient (Wildman–Crippen LogP) is 6.81. The van der Waals surface area contributed by atoms with Gasteiger partial charge in [-0.05, 0) is 72.6 Å². The zero-order valence-corrected chi connectivity index (χ0v) is 19.2. The standard InChI is InChI=1S/C26H21F6N3O2/c27-25(28,29)19-6-2-17(3-7-19)16-34-14-1-15-35(24(34)37)22-12-10-21(11-13-22)33-23(36)18-4-8-20(9-5-18)26(30,31)32/h2-13H,1,14-16H2,(H,33,36). The van der Waals surface area contributed by atoms with E-state index in [-0.39, 0.29) is 18.1 Å². The lowest BCUT2D eigenvalue weighted by molar-refractivity contribution is -0.138. The zero-order chi connectivity index (χ0) is 26.8. The second-order valence-corrected chi connectivity index (χ2v) is 8.48. The number of amides is 3. The molecule has 1 aliphatic rings. The summed E-state index contributed by atoms with van der Waals surface area (Å²) in [6.07, 6.45) is -8.28. The molecule has 0 bridgehead atoms. The molecule has 0 aromatic heterocycles. The predicted molar refractivity (Wildman–Crippen MR) is 125 cm³/mol. The van der Waals surface area contributed by atoms with Crippen molar-refractivity contribution < 1.29 is 35.9 Å². The van der Waals surface area contributed by atoms with Gasteiger partial charge in [-0.1, -0.05) is 12.1 Å². The highest BCUT2D eigenvalue weighted by atomic mass is 19.4. The third-order valence-corrected chi connectivity index (χ3v) is 5.88. The van der Waals surface area contributed by atoms with Crippen molar-refractivity contribution in [1.29, 1.82) is 0 Å². The molecule has 1 fully saturated rings. The van der Waals surface area contributed by atoms with Crippen LogP contribution < -0.4 is 10.2 Å². The van der Waals surface area contributed by atoms with Crippen LogP contribution in [0.4, 0.5) is 42.5 Å². The molecule has 0 unspecified atom stereocenters. The van der Waals surface area contributed by atoms with Gasteiger partial charge in [0.15, 0.2) is 0 Å². The van der Waals surface area contributed by atoms with E-state index in [1.54, 1.807) is 29.2 Å². The summed E-state index contributed by atoms with van der Waals surface area (Å²) in [5.41, 5.74) is -0.0265. The van der Waals surface area contributed by atoms with Gasteiger partial charge in [-0.25, -0.2) is 4.79 Å². The SMILES string of the molecule is O=C(Nc1ccc(N2CCCN(Cc3ccc(C(F)(F)F)cc3)C2=O)cc1)c1ccc(C(F)(F)F)cc1. The van der Waals surface area contributed by atoms with Gasteiger partial charge in [0.25, 0.3) is 5.91 Å². The van der Waals surface area contributed by atoms with Crippen LogP contribution in [0.15, 0.2) is 72.8 Å². The van der Waals surface area contributed by atoms with Gasteiger partial charge in [-0.3, -0.25) is 9.69 Å². The largest absolute Gasteiger partial charge is 0.416 e. The number of carbonyl (C=O) groups excluding carboxylic acids is 2. The van der Waals surface area contributed by atoms with Gasteiger partial charge < -0.3 is 10.2 Å². The van der Waals surface area contributed by atoms with Crippen LogP contribution in [0.5, 0.6) is 0 Å². The van der Waals surface area contributed by atoms with E-state index in [0.29, 0.717) is 36.4 Å². The summed E-state index contributed by atoms with van der Waals surface area (Å²) in [4.78, 5) is 28.5. The fourth-order valence-corrected chi connectivity index (χ4v) is 3.93. The van der Waals surface area contributed by atoms with E-state index >= 15 is 0 Å². The lowest BCUT2D eigenvalue weighted by Gasteiger charge is -2.35. The molecule has 1 saturated heterocycles. The third-order valence-electron chi connectivity index (χ3n) is 5.88. The van der Waals surface area contributed by atoms with Gasteiger partial charge >= 0.3 is 18.4 Å². The van der Waals surface area contributed by atoms with E-state index in [1.807, 2.05) is 0 Å². The maximum Gasteiger partial charge on any atom is 0.416 e. The van der Waals surface area contributed by atoms with Gasteiger partial charge in [0.2, 0.25) is 0 Å². The molecule has 0 atom stereocenters. The molecule has 3 aromatic rings. The van der Waals surface area contributed by atoms with Crippen LogP contribution in [-0.4, -0.2) is 29.9 Å². The first kappa shape index (κ1) is 26.1. The molecule has 1 heterocycles. The average molecular weight is 521 g/mol. The van der Waals surface area contributed by atoms with Crippen molar-refractivity contribution in [2.75, 3.05) is 23.3 Å². The van der Waals surface area contributed by atoms with Gasteiger partial charge in [-0.15, -0.1) is 0 Å². The number of anilines is 2. The van der Waals surface area contributed by atoms with Gasteiger partial charge in [0.1, 0.15) is 0 Å². The summed E-state index contributed by atoms with van der Waals surface area (Å²) < 4.78 is 76.5. The minimum atomic E-state index is -4.50. The Morgan fingerprint density at radius 2 is 1.30 bits per heavy atom. The molecule has 5 nitrogen and oxygen atoms in total. The van der Waals surface area contributed by atoms with Crippen molar-refractivity contribution in [2.45, 2.75) is 25.3 Å². The van der Waals surface area contributed by atoms with Crippen molar-refractivity contribution in [3.05, 3.63) is 95.1 Å². The Bertz CT molecular complexity index is 1250. The van der Waals surface area contributed by atoms with Crippen LogP contribution in [0, 0.1) is 0 Å². The number of urea groups is 1. The van der Waals surface area contributed by atoms with Crippen LogP contribution >= 0.6 is 0 Å². The number of carbonyl (C=O) groups is 2. The van der Waals surface area contributed by atoms with Crippen molar-refractivity contribution in [1.82, 2.24) is 4.90 Å². The highest BCUT2D eigenvalue weighted by molar-refractivity contribution is 6.04. The van der Waals surface area contributed by atoms with Crippen LogP contribution in [0.25, 0.3) is 0 Å². The summed E-state index contributed by atoms with van der Waals surface area (Å²) in [5, 5.41) is 2.60. The fourth-order valence-electron chi connectivity index (χ4n) is 3.93. The van der Waals surface area contributed by atoms with Crippen LogP contribution in [0.3, 0.4) is 0 Å². The molecule has 11 heteroatoms. The maximum absolute atomic E-state index is 13.0. The summed E-state index contributed by atoms with van der Waals surface area (Å²) in [6.45, 7) is 1.06. The number of nitrogens with one attached hydrogen (secondary N) is 1. The molecular weight excluding hydrogens is 500 g/mol. The van der Waals surface area contributed by atoms with E-state index in [9.17, 15) is 35.9 Å². The van der Waals surface area contributed by atoms with E-state index in [1.165, 1.54) is 17.0 Å². The summed E-state index contributed by atoms with van der Waals surface area (Å²) in [7, 11) is 0. The Morgan fingerprint density at radius 1 is 0.757 bits per heavy atom. The van der Waals surface area contributed by atoms with Crippen molar-refractivity contribution in [2.24, 2.45) is 0 Å². The van der Waals surface area contributed by atoms with Crippen molar-refractivity contribution in [3.8, 4) is 0 Å². The van der Waals surface area contributed by atoms with E-state index in [0.717, 1.165) is 36.4 Å². The Morgan fingerprint density at radius 3 is 1.84 bits per heavy atom. The van der Waals surface area contributed by atoms with Crippen molar-refractivity contribution >= 4 is 23.3 Å². The molecule has 3 aromatic carbocycles. The molecular formula is C26H21F6N3O2. The molecule has 0 aliphatic carbocycles. The molecule has 0 radical (unpaired) electrons. The molecule has 3 amide bonds. The second kappa shape index (κ2) is 10.2. The molecule has 4 rings (SSSR count). The number of halogens is 6. The summed E-state index contributed by atoms with van der Waals surface area (Å²) in [5.74, 6) is -0.585. The van der Waals surface area contributed by atoms with E-state index in [4.69, 9.17) is 0 Å². The Hall–Kier alpha value is -4.02. The van der Waals surface area contributed by atoms with Gasteiger partial charge in [0.05, 0.1) is 11.1 Å². The molecule has 0 saturated carbocycles. The number of benzene rings is 3. The first-order valence-corrected chi connectivity index (χ1v) is 11.2. The van der Waals surface area contributed by atoms with Gasteiger partial charge in [0, 0.05) is 36.6 Å². The van der Waals surface area contributed by atoms with Crippen LogP contribution in [-0.2, 0) is 18.9 Å². The number of alkyl halides is 6. The topological polar surface area (TPSA) is 52.7 Å². The average Bonchev–Trinajstić information content (AvgIpc) is 2.85. The fraction of sp³-hybridized carbons (Fsp3) is 0.231. The smallest absolute Gasteiger partial charge is 0.322 e. The summed E-state index contributed by atoms with van der Waals surface area (Å²) in [6, 6.07) is 14.6. The van der Waals surface area contributed by atoms with E-state index in [2.05, 4.69) is 5.32 Å². The lowest BCUT2D eigenvalue weighted by Crippen LogP contribution is -2.49. The first-order valence-electron chi connectivity index (χ1n) is 11.2. The number of hydrogen-bond donors (Lipinski definition) is 1. The number of hydrogen-bond acceptors (Lipinski definition) is 2. The molecule has 0 spiro atoms. The Kier molecular flexibility index (Phi) is 7.15. The third kappa shape index (κ3) is 6.22. The highest BCUT2D eigenvalue weighted by Crippen LogP contribution is 2.31. The molecule has 1 N–H and O–H groups in total. The molecule has 194 valence electrons. The molecule has 37 heavy (non-hydrogen) atoms. The van der Waals surface area contributed by atoms with Crippen LogP contribution in [0.2, 0.25) is 0 Å². The van der Waals surface area contributed by atoms with Crippen molar-refractivity contribution in [3.63, 3.8) is 0 Å². The molecule has 1 aliphatic heterocycles. The zero-order valence-electron chi connectivity index (χ0n) is 19.2. The second-order valence-electron chi connectivity index (χ2n) is 8.48. The van der Waals surface area contributed by atoms with E-state index < -0.39 is 29.4 Å². The maximum atomic E-state index is 13.0.